The molecule has 1 aliphatic heterocycles. The summed E-state index contributed by atoms with van der Waals surface area (Å²) >= 11 is 0. The van der Waals surface area contributed by atoms with E-state index in [1.165, 1.54) is 32.1 Å². The van der Waals surface area contributed by atoms with Crippen molar-refractivity contribution >= 4 is 0 Å². The minimum absolute atomic E-state index is 0.522. The molecule has 2 unspecified atom stereocenters. The van der Waals surface area contributed by atoms with Crippen LogP contribution in [0.15, 0.2) is 0 Å². The largest absolute Gasteiger partial charge is 0.380 e. The first kappa shape index (κ1) is 11.0. The zero-order chi connectivity index (χ0) is 11.2. The van der Waals surface area contributed by atoms with Crippen molar-refractivity contribution in [3.05, 3.63) is 0 Å². The molecule has 3 rings (SSSR count). The molecule has 0 amide bonds. The molecule has 3 aliphatic rings. The van der Waals surface area contributed by atoms with E-state index in [9.17, 15) is 0 Å². The first-order valence-corrected chi connectivity index (χ1v) is 7.03. The quantitative estimate of drug-likeness (QED) is 0.777. The Morgan fingerprint density at radius 1 is 1.12 bits per heavy atom. The summed E-state index contributed by atoms with van der Waals surface area (Å²) < 4.78 is 5.47. The second-order valence-electron chi connectivity index (χ2n) is 6.58. The fourth-order valence-electron chi connectivity index (χ4n) is 4.40. The highest BCUT2D eigenvalue weighted by Crippen LogP contribution is 2.57. The molecule has 0 aromatic heterocycles. The van der Waals surface area contributed by atoms with Gasteiger partial charge in [0.15, 0.2) is 0 Å². The van der Waals surface area contributed by atoms with E-state index in [2.05, 4.69) is 19.2 Å². The van der Waals surface area contributed by atoms with Gasteiger partial charge in [-0.15, -0.1) is 0 Å². The number of fused-ring (bicyclic) bond motifs is 1. The normalized spacial score (nSPS) is 46.1. The smallest absolute Gasteiger partial charge is 0.0620 e. The molecule has 0 aromatic rings. The van der Waals surface area contributed by atoms with Crippen molar-refractivity contribution in [2.24, 2.45) is 17.3 Å². The average Bonchev–Trinajstić information content (AvgIpc) is 2.79. The lowest BCUT2D eigenvalue weighted by atomic mass is 9.47. The van der Waals surface area contributed by atoms with Crippen LogP contribution in [-0.4, -0.2) is 25.3 Å². The maximum atomic E-state index is 5.47. The van der Waals surface area contributed by atoms with Crippen molar-refractivity contribution in [1.82, 2.24) is 5.32 Å². The van der Waals surface area contributed by atoms with Crippen LogP contribution in [0.2, 0.25) is 0 Å². The molecule has 0 radical (unpaired) electrons. The van der Waals surface area contributed by atoms with E-state index in [1.807, 2.05) is 0 Å². The predicted octanol–water partition coefficient (Wildman–Crippen LogP) is 2.58. The van der Waals surface area contributed by atoms with Crippen LogP contribution in [0.1, 0.15) is 46.0 Å². The zero-order valence-corrected chi connectivity index (χ0v) is 10.7. The third kappa shape index (κ3) is 1.62. The Morgan fingerprint density at radius 3 is 2.69 bits per heavy atom. The molecule has 2 saturated carbocycles. The molecule has 4 atom stereocenters. The van der Waals surface area contributed by atoms with Gasteiger partial charge in [0.1, 0.15) is 0 Å². The highest BCUT2D eigenvalue weighted by atomic mass is 16.5. The molecular formula is C14H25NO. The van der Waals surface area contributed by atoms with Gasteiger partial charge in [0.05, 0.1) is 6.61 Å². The SMILES string of the molecule is CC1(C)C(NC2CCOC2)[C@@H]2CCCC[C@@H]21. The van der Waals surface area contributed by atoms with E-state index in [0.717, 1.165) is 31.1 Å². The number of hydrogen-bond acceptors (Lipinski definition) is 2. The molecule has 2 nitrogen and oxygen atoms in total. The maximum Gasteiger partial charge on any atom is 0.0620 e. The molecule has 2 heteroatoms. The molecule has 1 saturated heterocycles. The van der Waals surface area contributed by atoms with E-state index in [1.54, 1.807) is 0 Å². The lowest BCUT2D eigenvalue weighted by Crippen LogP contribution is -2.66. The van der Waals surface area contributed by atoms with Gasteiger partial charge in [-0.3, -0.25) is 0 Å². The highest BCUT2D eigenvalue weighted by Gasteiger charge is 2.56. The van der Waals surface area contributed by atoms with Crippen molar-refractivity contribution in [1.29, 1.82) is 0 Å². The second kappa shape index (κ2) is 3.99. The summed E-state index contributed by atoms with van der Waals surface area (Å²) in [5.41, 5.74) is 0.522. The molecule has 0 spiro atoms. The van der Waals surface area contributed by atoms with E-state index in [4.69, 9.17) is 4.74 Å². The van der Waals surface area contributed by atoms with Gasteiger partial charge < -0.3 is 10.1 Å². The Balaban J connectivity index is 1.64. The second-order valence-corrected chi connectivity index (χ2v) is 6.58. The summed E-state index contributed by atoms with van der Waals surface area (Å²) in [5.74, 6) is 1.95. The molecule has 1 heterocycles. The number of hydrogen-bond donors (Lipinski definition) is 1. The average molecular weight is 223 g/mol. The van der Waals surface area contributed by atoms with E-state index >= 15 is 0 Å². The van der Waals surface area contributed by atoms with Crippen LogP contribution < -0.4 is 5.32 Å². The van der Waals surface area contributed by atoms with Crippen molar-refractivity contribution in [3.63, 3.8) is 0 Å². The van der Waals surface area contributed by atoms with Gasteiger partial charge in [0, 0.05) is 18.7 Å². The lowest BCUT2D eigenvalue weighted by molar-refractivity contribution is -0.0918. The monoisotopic (exact) mass is 223 g/mol. The number of nitrogens with one attached hydrogen (secondary N) is 1. The van der Waals surface area contributed by atoms with Crippen LogP contribution in [0.5, 0.6) is 0 Å². The van der Waals surface area contributed by atoms with Crippen molar-refractivity contribution in [2.45, 2.75) is 58.0 Å². The molecule has 16 heavy (non-hydrogen) atoms. The Kier molecular flexibility index (Phi) is 2.75. The lowest BCUT2D eigenvalue weighted by Gasteiger charge is -2.61. The van der Waals surface area contributed by atoms with E-state index in [0.29, 0.717) is 11.5 Å². The third-order valence-electron chi connectivity index (χ3n) is 5.35. The molecule has 0 aromatic carbocycles. The van der Waals surface area contributed by atoms with Crippen LogP contribution in [0.3, 0.4) is 0 Å². The Morgan fingerprint density at radius 2 is 1.94 bits per heavy atom. The molecular weight excluding hydrogens is 198 g/mol. The standard InChI is InChI=1S/C14H25NO/c1-14(2)12-6-4-3-5-11(12)13(14)15-10-7-8-16-9-10/h10-13,15H,3-9H2,1-2H3/t10?,11-,12+,13?/m1/s1. The minimum Gasteiger partial charge on any atom is -0.380 e. The molecule has 0 bridgehead atoms. The van der Waals surface area contributed by atoms with Gasteiger partial charge in [0.25, 0.3) is 0 Å². The molecule has 1 N–H and O–H groups in total. The van der Waals surface area contributed by atoms with E-state index < -0.39 is 0 Å². The molecule has 92 valence electrons. The summed E-state index contributed by atoms with van der Waals surface area (Å²) in [7, 11) is 0. The Labute approximate surface area is 99.1 Å². The Hall–Kier alpha value is -0.0800. The first-order chi connectivity index (χ1) is 7.69. The van der Waals surface area contributed by atoms with Gasteiger partial charge in [0.2, 0.25) is 0 Å². The fraction of sp³-hybridized carbons (Fsp3) is 1.00. The topological polar surface area (TPSA) is 21.3 Å². The van der Waals surface area contributed by atoms with Crippen LogP contribution in [0, 0.1) is 17.3 Å². The van der Waals surface area contributed by atoms with Crippen LogP contribution in [0.4, 0.5) is 0 Å². The van der Waals surface area contributed by atoms with Crippen molar-refractivity contribution in [2.75, 3.05) is 13.2 Å². The summed E-state index contributed by atoms with van der Waals surface area (Å²) in [6.07, 6.45) is 7.06. The van der Waals surface area contributed by atoms with Crippen LogP contribution >= 0.6 is 0 Å². The van der Waals surface area contributed by atoms with Gasteiger partial charge in [-0.1, -0.05) is 26.7 Å². The summed E-state index contributed by atoms with van der Waals surface area (Å²) in [6, 6.07) is 1.39. The highest BCUT2D eigenvalue weighted by molar-refractivity contribution is 5.09. The first-order valence-electron chi connectivity index (χ1n) is 7.03. The minimum atomic E-state index is 0.522. The van der Waals surface area contributed by atoms with Crippen LogP contribution in [-0.2, 0) is 4.74 Å². The van der Waals surface area contributed by atoms with Crippen molar-refractivity contribution < 1.29 is 4.74 Å². The number of rotatable bonds is 2. The third-order valence-corrected chi connectivity index (χ3v) is 5.35. The Bertz CT molecular complexity index is 257. The number of ether oxygens (including phenoxy) is 1. The van der Waals surface area contributed by atoms with Gasteiger partial charge >= 0.3 is 0 Å². The van der Waals surface area contributed by atoms with Crippen molar-refractivity contribution in [3.8, 4) is 0 Å². The molecule has 3 fully saturated rings. The summed E-state index contributed by atoms with van der Waals surface area (Å²) in [4.78, 5) is 0. The zero-order valence-electron chi connectivity index (χ0n) is 10.7. The summed E-state index contributed by atoms with van der Waals surface area (Å²) in [6.45, 7) is 6.82. The van der Waals surface area contributed by atoms with Crippen LogP contribution in [0.25, 0.3) is 0 Å². The fourth-order valence-corrected chi connectivity index (χ4v) is 4.40. The molecule has 2 aliphatic carbocycles. The van der Waals surface area contributed by atoms with E-state index in [-0.39, 0.29) is 0 Å². The van der Waals surface area contributed by atoms with Gasteiger partial charge in [-0.25, -0.2) is 0 Å². The van der Waals surface area contributed by atoms with Gasteiger partial charge in [-0.05, 0) is 36.5 Å². The summed E-state index contributed by atoms with van der Waals surface area (Å²) in [5, 5.41) is 3.88. The maximum absolute atomic E-state index is 5.47. The predicted molar refractivity (Wildman–Crippen MR) is 65.4 cm³/mol. The van der Waals surface area contributed by atoms with Gasteiger partial charge in [-0.2, -0.15) is 0 Å².